The van der Waals surface area contributed by atoms with Crippen molar-refractivity contribution in [2.24, 2.45) is 0 Å². The summed E-state index contributed by atoms with van der Waals surface area (Å²) in [5, 5.41) is 34.5. The maximum absolute atomic E-state index is 13.0. The molecule has 0 radical (unpaired) electrons. The molecule has 0 unspecified atom stereocenters. The van der Waals surface area contributed by atoms with Gasteiger partial charge in [0.2, 0.25) is 11.2 Å². The lowest BCUT2D eigenvalue weighted by Crippen LogP contribution is -2.86. The highest BCUT2D eigenvalue weighted by Crippen LogP contribution is 2.50. The van der Waals surface area contributed by atoms with Crippen molar-refractivity contribution in [1.29, 1.82) is 0 Å². The summed E-state index contributed by atoms with van der Waals surface area (Å²) in [6.07, 6.45) is 0.280. The molecule has 3 N–H and O–H groups in total. The molecule has 0 bridgehead atoms. The van der Waals surface area contributed by atoms with Gasteiger partial charge in [-0.05, 0) is 72.2 Å². The monoisotopic (exact) mass is 475 g/mol. The van der Waals surface area contributed by atoms with Crippen LogP contribution in [-0.4, -0.2) is 74.5 Å². The molecule has 2 aliphatic heterocycles. The number of Topliss-reactive ketones (excluding diaryl/α,β-unsaturated/α-hetero) is 3. The van der Waals surface area contributed by atoms with Crippen molar-refractivity contribution in [1.82, 2.24) is 0 Å². The topological polar surface area (TPSA) is 134 Å². The number of hydrogen-bond acceptors (Lipinski definition) is 9. The molecular formula is C25H33NO8. The van der Waals surface area contributed by atoms with Gasteiger partial charge in [-0.2, -0.15) is 0 Å². The van der Waals surface area contributed by atoms with Crippen LogP contribution >= 0.6 is 0 Å². The molecule has 1 fully saturated rings. The number of rotatable bonds is 6. The van der Waals surface area contributed by atoms with Crippen LogP contribution in [0.3, 0.4) is 0 Å². The van der Waals surface area contributed by atoms with Gasteiger partial charge in [-0.1, -0.05) is 6.08 Å². The number of fused-ring (bicyclic) bond motifs is 1. The molecule has 1 aromatic rings. The highest BCUT2D eigenvalue weighted by molar-refractivity contribution is 6.05. The molecule has 9 nitrogen and oxygen atoms in total. The summed E-state index contributed by atoms with van der Waals surface area (Å²) in [4.78, 5) is 39.8. The average Bonchev–Trinajstić information content (AvgIpc) is 2.73. The number of carbonyl (C=O) groups excluding carboxylic acids is 3. The molecule has 0 aromatic heterocycles. The lowest BCUT2D eigenvalue weighted by atomic mass is 9.62. The summed E-state index contributed by atoms with van der Waals surface area (Å²) < 4.78 is 11.4. The van der Waals surface area contributed by atoms with E-state index in [1.165, 1.54) is 0 Å². The molecule has 4 atom stereocenters. The number of anilines is 1. The molecule has 1 aromatic carbocycles. The number of aliphatic hydroxyl groups is 3. The van der Waals surface area contributed by atoms with Crippen molar-refractivity contribution in [2.45, 2.75) is 77.0 Å². The highest BCUT2D eigenvalue weighted by Gasteiger charge is 2.76. The van der Waals surface area contributed by atoms with Crippen molar-refractivity contribution >= 4 is 28.6 Å². The number of hydrogen-bond donors (Lipinski definition) is 3. The third-order valence-electron chi connectivity index (χ3n) is 6.97. The number of nitrogens with zero attached hydrogens (tertiary/aromatic N) is 1. The lowest BCUT2D eigenvalue weighted by Gasteiger charge is -2.60. The predicted octanol–water partition coefficient (Wildman–Crippen LogP) is 1.40. The fourth-order valence-corrected chi connectivity index (χ4v) is 5.24. The second-order valence-corrected chi connectivity index (χ2v) is 9.63. The van der Waals surface area contributed by atoms with E-state index >= 15 is 0 Å². The van der Waals surface area contributed by atoms with E-state index in [0.29, 0.717) is 18.0 Å². The van der Waals surface area contributed by atoms with E-state index in [9.17, 15) is 29.7 Å². The van der Waals surface area contributed by atoms with Crippen LogP contribution < -0.4 is 9.64 Å². The van der Waals surface area contributed by atoms with Gasteiger partial charge in [0.15, 0.2) is 29.2 Å². The fourth-order valence-electron chi connectivity index (χ4n) is 5.24. The molecule has 0 aliphatic carbocycles. The van der Waals surface area contributed by atoms with Gasteiger partial charge in [0.1, 0.15) is 5.75 Å². The SMILES string of the molecule is CCOc1ccc2c(c1)C(C)=CC(C)(C)N2[C@@H]1OC[C@](O)(C(C)=O)[C@@](O)(C(C)=O)[C@]1(O)C(C)=O. The Bertz CT molecular complexity index is 1080. The van der Waals surface area contributed by atoms with E-state index < -0.39 is 52.5 Å². The minimum atomic E-state index is -3.15. The van der Waals surface area contributed by atoms with Crippen LogP contribution in [0, 0.1) is 0 Å². The molecule has 0 spiro atoms. The van der Waals surface area contributed by atoms with E-state index in [4.69, 9.17) is 9.47 Å². The Kier molecular flexibility index (Phi) is 6.33. The van der Waals surface area contributed by atoms with Gasteiger partial charge in [0.25, 0.3) is 0 Å². The van der Waals surface area contributed by atoms with E-state index in [-0.39, 0.29) is 0 Å². The first-order valence-corrected chi connectivity index (χ1v) is 11.2. The molecular weight excluding hydrogens is 442 g/mol. The minimum absolute atomic E-state index is 0.460. The normalized spacial score (nSPS) is 32.5. The Labute approximate surface area is 199 Å². The van der Waals surface area contributed by atoms with Crippen molar-refractivity contribution in [3.8, 4) is 5.75 Å². The van der Waals surface area contributed by atoms with E-state index in [1.807, 2.05) is 39.8 Å². The Hall–Kier alpha value is -2.59. The molecule has 0 amide bonds. The zero-order chi connectivity index (χ0) is 25.9. The Morgan fingerprint density at radius 1 is 1.09 bits per heavy atom. The number of carbonyl (C=O) groups is 3. The van der Waals surface area contributed by atoms with Crippen molar-refractivity contribution in [3.63, 3.8) is 0 Å². The molecule has 34 heavy (non-hydrogen) atoms. The van der Waals surface area contributed by atoms with Crippen molar-refractivity contribution in [3.05, 3.63) is 29.8 Å². The summed E-state index contributed by atoms with van der Waals surface area (Å²) >= 11 is 0. The molecule has 0 saturated carbocycles. The van der Waals surface area contributed by atoms with Gasteiger partial charge >= 0.3 is 0 Å². The minimum Gasteiger partial charge on any atom is -0.494 e. The summed E-state index contributed by atoms with van der Waals surface area (Å²) in [5.74, 6) is -2.57. The first-order valence-electron chi connectivity index (χ1n) is 11.2. The number of allylic oxidation sites excluding steroid dienone is 1. The number of ether oxygens (including phenoxy) is 2. The van der Waals surface area contributed by atoms with Gasteiger partial charge in [0.05, 0.1) is 18.8 Å². The first kappa shape index (κ1) is 26.0. The summed E-state index contributed by atoms with van der Waals surface area (Å²) in [5.41, 5.74) is -7.65. The molecule has 186 valence electrons. The number of ketones is 3. The zero-order valence-electron chi connectivity index (χ0n) is 20.6. The third kappa shape index (κ3) is 3.33. The van der Waals surface area contributed by atoms with Crippen LogP contribution in [0.15, 0.2) is 24.3 Å². The fraction of sp³-hybridized carbons (Fsp3) is 0.560. The lowest BCUT2D eigenvalue weighted by molar-refractivity contribution is -0.296. The van der Waals surface area contributed by atoms with Crippen LogP contribution in [0.25, 0.3) is 5.57 Å². The maximum Gasteiger partial charge on any atom is 0.207 e. The molecule has 2 heterocycles. The average molecular weight is 476 g/mol. The molecule has 3 rings (SSSR count). The predicted molar refractivity (Wildman–Crippen MR) is 124 cm³/mol. The van der Waals surface area contributed by atoms with Gasteiger partial charge in [0, 0.05) is 11.3 Å². The van der Waals surface area contributed by atoms with Crippen LogP contribution in [0.5, 0.6) is 5.75 Å². The van der Waals surface area contributed by atoms with Crippen LogP contribution in [0.2, 0.25) is 0 Å². The van der Waals surface area contributed by atoms with E-state index in [2.05, 4.69) is 0 Å². The van der Waals surface area contributed by atoms with E-state index in [1.54, 1.807) is 17.0 Å². The smallest absolute Gasteiger partial charge is 0.207 e. The standard InChI is InChI=1S/C25H33NO8/c1-8-33-18-9-10-20-19(11-18)14(2)12-22(6,7)26(20)21-24(31,16(4)28)25(32,17(5)29)23(30,13-34-21)15(3)27/h9-12,21,30-32H,8,13H2,1-7H3/t21-,23+,24+,25+/m1/s1. The second kappa shape index (κ2) is 8.27. The Balaban J connectivity index is 2.31. The molecule has 2 aliphatic rings. The third-order valence-corrected chi connectivity index (χ3v) is 6.97. The molecule has 9 heteroatoms. The first-order chi connectivity index (χ1) is 15.6. The van der Waals surface area contributed by atoms with Gasteiger partial charge < -0.3 is 29.7 Å². The van der Waals surface area contributed by atoms with Crippen molar-refractivity contribution < 1.29 is 39.2 Å². The zero-order valence-corrected chi connectivity index (χ0v) is 20.6. The Morgan fingerprint density at radius 2 is 1.71 bits per heavy atom. The second-order valence-electron chi connectivity index (χ2n) is 9.63. The van der Waals surface area contributed by atoms with Crippen molar-refractivity contribution in [2.75, 3.05) is 18.1 Å². The largest absolute Gasteiger partial charge is 0.494 e. The van der Waals surface area contributed by atoms with Crippen LogP contribution in [0.4, 0.5) is 5.69 Å². The summed E-state index contributed by atoms with van der Waals surface area (Å²) in [6, 6.07) is 5.27. The summed E-state index contributed by atoms with van der Waals surface area (Å²) in [6.45, 7) is 9.91. The summed E-state index contributed by atoms with van der Waals surface area (Å²) in [7, 11) is 0. The van der Waals surface area contributed by atoms with E-state index in [0.717, 1.165) is 31.9 Å². The van der Waals surface area contributed by atoms with Gasteiger partial charge in [-0.15, -0.1) is 0 Å². The van der Waals surface area contributed by atoms with Crippen LogP contribution in [-0.2, 0) is 19.1 Å². The maximum atomic E-state index is 13.0. The Morgan fingerprint density at radius 3 is 2.21 bits per heavy atom. The number of benzene rings is 1. The van der Waals surface area contributed by atoms with Gasteiger partial charge in [-0.25, -0.2) is 0 Å². The molecule has 1 saturated heterocycles. The highest BCUT2D eigenvalue weighted by atomic mass is 16.6. The quantitative estimate of drug-likeness (QED) is 0.558. The van der Waals surface area contributed by atoms with Crippen LogP contribution in [0.1, 0.15) is 54.0 Å². The van der Waals surface area contributed by atoms with Gasteiger partial charge in [-0.3, -0.25) is 14.4 Å².